The lowest BCUT2D eigenvalue weighted by Crippen LogP contribution is -2.59. The number of aliphatic hydroxyl groups excluding tert-OH is 1. The van der Waals surface area contributed by atoms with E-state index in [2.05, 4.69) is 20.1 Å². The number of fused-ring (bicyclic) bond motifs is 1. The van der Waals surface area contributed by atoms with E-state index in [4.69, 9.17) is 9.47 Å². The van der Waals surface area contributed by atoms with Crippen molar-refractivity contribution in [3.8, 4) is 0 Å². The van der Waals surface area contributed by atoms with Gasteiger partial charge in [-0.05, 0) is 51.4 Å². The van der Waals surface area contributed by atoms with E-state index >= 15 is 0 Å². The van der Waals surface area contributed by atoms with Gasteiger partial charge in [-0.3, -0.25) is 14.4 Å². The molecule has 3 saturated heterocycles. The predicted octanol–water partition coefficient (Wildman–Crippen LogP) is 3.87. The van der Waals surface area contributed by atoms with Crippen molar-refractivity contribution in [3.05, 3.63) is 25.3 Å². The van der Waals surface area contributed by atoms with Crippen molar-refractivity contribution < 1.29 is 29.0 Å². The Labute approximate surface area is 228 Å². The summed E-state index contributed by atoms with van der Waals surface area (Å²) < 4.78 is 12.3. The van der Waals surface area contributed by atoms with Crippen molar-refractivity contribution in [3.63, 3.8) is 0 Å². The number of nitrogens with zero attached hydrogens (tertiary/aromatic N) is 2. The molecule has 3 aliphatic rings. The molecular weight excluding hydrogens is 484 g/mol. The summed E-state index contributed by atoms with van der Waals surface area (Å²) in [5, 5.41) is 10.4. The Kier molecular flexibility index (Phi) is 10.2. The third-order valence-corrected chi connectivity index (χ3v) is 8.54. The van der Waals surface area contributed by atoms with Gasteiger partial charge in [-0.1, -0.05) is 45.8 Å². The molecule has 0 saturated carbocycles. The first-order chi connectivity index (χ1) is 18.1. The molecule has 2 amide bonds. The van der Waals surface area contributed by atoms with Crippen LogP contribution < -0.4 is 0 Å². The van der Waals surface area contributed by atoms with E-state index in [1.807, 2.05) is 20.8 Å². The molecule has 1 N–H and O–H groups in total. The third kappa shape index (κ3) is 5.57. The molecule has 1 spiro atoms. The number of ether oxygens (including phenoxy) is 2. The number of hydrogen-bond acceptors (Lipinski definition) is 6. The van der Waals surface area contributed by atoms with Gasteiger partial charge in [0.2, 0.25) is 11.8 Å². The first-order valence-electron chi connectivity index (χ1n) is 14.4. The van der Waals surface area contributed by atoms with E-state index in [1.54, 1.807) is 22.0 Å². The SMILES string of the molecule is C=CCCCOC(=O)[C@H]1[C@H]2C(=O)N([C@@H](CO)CC(C)C)C(C(=O)N(CC=C)CCCCC)C23CC[C@]1(C)O3. The highest BCUT2D eigenvalue weighted by Crippen LogP contribution is 2.63. The molecule has 214 valence electrons. The Morgan fingerprint density at radius 2 is 1.97 bits per heavy atom. The normalized spacial score (nSPS) is 30.4. The van der Waals surface area contributed by atoms with Crippen molar-refractivity contribution in [2.24, 2.45) is 17.8 Å². The number of esters is 1. The molecule has 6 atom stereocenters. The van der Waals surface area contributed by atoms with Crippen LogP contribution >= 0.6 is 0 Å². The summed E-state index contributed by atoms with van der Waals surface area (Å²) in [7, 11) is 0. The second-order valence-corrected chi connectivity index (χ2v) is 11.8. The average molecular weight is 533 g/mol. The Bertz CT molecular complexity index is 890. The number of carbonyl (C=O) groups is 3. The topological polar surface area (TPSA) is 96.4 Å². The van der Waals surface area contributed by atoms with E-state index in [0.29, 0.717) is 38.8 Å². The predicted molar refractivity (Wildman–Crippen MR) is 146 cm³/mol. The van der Waals surface area contributed by atoms with E-state index < -0.39 is 41.1 Å². The highest BCUT2D eigenvalue weighted by molar-refractivity contribution is 5.98. The monoisotopic (exact) mass is 532 g/mol. The van der Waals surface area contributed by atoms with Crippen LogP contribution in [0.5, 0.6) is 0 Å². The van der Waals surface area contributed by atoms with Crippen molar-refractivity contribution in [1.82, 2.24) is 9.80 Å². The van der Waals surface area contributed by atoms with Gasteiger partial charge < -0.3 is 24.4 Å². The van der Waals surface area contributed by atoms with Crippen molar-refractivity contribution in [2.45, 2.75) is 102 Å². The first-order valence-corrected chi connectivity index (χ1v) is 14.4. The number of unbranched alkanes of at least 4 members (excludes halogenated alkanes) is 3. The Morgan fingerprint density at radius 1 is 1.24 bits per heavy atom. The summed E-state index contributed by atoms with van der Waals surface area (Å²) in [6, 6.07) is -1.45. The molecule has 3 aliphatic heterocycles. The number of amides is 2. The molecule has 2 unspecified atom stereocenters. The van der Waals surface area contributed by atoms with Crippen LogP contribution in [0, 0.1) is 17.8 Å². The molecular formula is C30H48N2O6. The first kappa shape index (κ1) is 30.4. The van der Waals surface area contributed by atoms with Crippen molar-refractivity contribution in [1.29, 1.82) is 0 Å². The van der Waals surface area contributed by atoms with E-state index in [0.717, 1.165) is 25.7 Å². The molecule has 0 radical (unpaired) electrons. The van der Waals surface area contributed by atoms with Crippen LogP contribution in [0.3, 0.4) is 0 Å². The van der Waals surface area contributed by atoms with Crippen LogP contribution in [-0.2, 0) is 23.9 Å². The van der Waals surface area contributed by atoms with Gasteiger partial charge in [-0.25, -0.2) is 0 Å². The lowest BCUT2D eigenvalue weighted by Gasteiger charge is -2.40. The number of aliphatic hydroxyl groups is 1. The molecule has 3 fully saturated rings. The molecule has 3 heterocycles. The van der Waals surface area contributed by atoms with Crippen LogP contribution in [0.1, 0.15) is 79.1 Å². The summed E-state index contributed by atoms with van der Waals surface area (Å²) in [4.78, 5) is 45.4. The molecule has 0 aliphatic carbocycles. The van der Waals surface area contributed by atoms with Crippen LogP contribution in [0.15, 0.2) is 25.3 Å². The fourth-order valence-corrected chi connectivity index (χ4v) is 6.88. The smallest absolute Gasteiger partial charge is 0.312 e. The van der Waals surface area contributed by atoms with Crippen LogP contribution in [-0.4, -0.2) is 82.3 Å². The zero-order chi connectivity index (χ0) is 28.1. The molecule has 0 aromatic carbocycles. The molecule has 0 aromatic heterocycles. The van der Waals surface area contributed by atoms with Gasteiger partial charge in [0.15, 0.2) is 0 Å². The minimum Gasteiger partial charge on any atom is -0.465 e. The summed E-state index contributed by atoms with van der Waals surface area (Å²) in [6.45, 7) is 16.5. The van der Waals surface area contributed by atoms with E-state index in [9.17, 15) is 19.5 Å². The minimum absolute atomic E-state index is 0.191. The largest absolute Gasteiger partial charge is 0.465 e. The molecule has 38 heavy (non-hydrogen) atoms. The molecule has 8 nitrogen and oxygen atoms in total. The van der Waals surface area contributed by atoms with Gasteiger partial charge in [0.05, 0.1) is 30.8 Å². The van der Waals surface area contributed by atoms with E-state index in [-0.39, 0.29) is 30.9 Å². The van der Waals surface area contributed by atoms with E-state index in [1.165, 1.54) is 0 Å². The second-order valence-electron chi connectivity index (χ2n) is 11.8. The van der Waals surface area contributed by atoms with Gasteiger partial charge in [0, 0.05) is 13.1 Å². The van der Waals surface area contributed by atoms with Gasteiger partial charge >= 0.3 is 5.97 Å². The standard InChI is InChI=1S/C30H48N2O6/c1-7-10-12-17-31(16-9-3)27(35)25-30-15-14-29(6,38-30)24(28(36)37-18-13-11-8-2)23(30)26(34)32(25)22(20-33)19-21(4)5/h8-9,21-25,33H,2-3,7,10-20H2,1,4-6H3/t22-,23+,24-,25?,29+,30?/m1/s1. The van der Waals surface area contributed by atoms with Gasteiger partial charge in [-0.15, -0.1) is 13.2 Å². The number of rotatable bonds is 16. The maximum atomic E-state index is 14.3. The van der Waals surface area contributed by atoms with Gasteiger partial charge in [0.1, 0.15) is 17.6 Å². The number of carbonyl (C=O) groups excluding carboxylic acids is 3. The lowest BCUT2D eigenvalue weighted by molar-refractivity contribution is -0.162. The van der Waals surface area contributed by atoms with Crippen LogP contribution in [0.2, 0.25) is 0 Å². The highest BCUT2D eigenvalue weighted by Gasteiger charge is 2.79. The second kappa shape index (κ2) is 12.8. The number of likely N-dealkylation sites (tertiary alicyclic amines) is 1. The summed E-state index contributed by atoms with van der Waals surface area (Å²) in [5.74, 6) is -2.33. The Hall–Kier alpha value is -2.19. The van der Waals surface area contributed by atoms with Crippen molar-refractivity contribution >= 4 is 17.8 Å². The fraction of sp³-hybridized carbons (Fsp3) is 0.767. The Morgan fingerprint density at radius 3 is 2.58 bits per heavy atom. The number of allylic oxidation sites excluding steroid dienone is 1. The lowest BCUT2D eigenvalue weighted by atomic mass is 9.66. The molecule has 2 bridgehead atoms. The summed E-state index contributed by atoms with van der Waals surface area (Å²) in [5.41, 5.74) is -2.00. The third-order valence-electron chi connectivity index (χ3n) is 8.54. The maximum Gasteiger partial charge on any atom is 0.312 e. The fourth-order valence-electron chi connectivity index (χ4n) is 6.88. The average Bonchev–Trinajstić information content (AvgIpc) is 3.45. The minimum atomic E-state index is -1.12. The molecule has 8 heteroatoms. The van der Waals surface area contributed by atoms with Crippen LogP contribution in [0.4, 0.5) is 0 Å². The molecule has 0 aromatic rings. The maximum absolute atomic E-state index is 14.3. The molecule has 3 rings (SSSR count). The summed E-state index contributed by atoms with van der Waals surface area (Å²) >= 11 is 0. The van der Waals surface area contributed by atoms with Crippen molar-refractivity contribution in [2.75, 3.05) is 26.3 Å². The Balaban J connectivity index is 2.03. The van der Waals surface area contributed by atoms with Crippen LogP contribution in [0.25, 0.3) is 0 Å². The quantitative estimate of drug-likeness (QED) is 0.184. The zero-order valence-corrected chi connectivity index (χ0v) is 23.8. The van der Waals surface area contributed by atoms with Gasteiger partial charge in [0.25, 0.3) is 0 Å². The summed E-state index contributed by atoms with van der Waals surface area (Å²) in [6.07, 6.45) is 9.33. The zero-order valence-electron chi connectivity index (χ0n) is 23.8. The highest BCUT2D eigenvalue weighted by atomic mass is 16.6. The number of hydrogen-bond donors (Lipinski definition) is 1. The van der Waals surface area contributed by atoms with Gasteiger partial charge in [-0.2, -0.15) is 0 Å².